The highest BCUT2D eigenvalue weighted by atomic mass is 79.9. The van der Waals surface area contributed by atoms with Crippen molar-refractivity contribution in [1.82, 2.24) is 5.01 Å². The first-order chi connectivity index (χ1) is 7.95. The van der Waals surface area contributed by atoms with Crippen molar-refractivity contribution in [1.29, 1.82) is 0 Å². The molecule has 0 radical (unpaired) electrons. The molecular formula is C11H16BrN3O2. The van der Waals surface area contributed by atoms with E-state index in [1.165, 1.54) is 7.05 Å². The van der Waals surface area contributed by atoms with Crippen LogP contribution in [0.25, 0.3) is 0 Å². The molecule has 94 valence electrons. The average molecular weight is 302 g/mol. The van der Waals surface area contributed by atoms with Crippen LogP contribution in [0.5, 0.6) is 5.75 Å². The molecule has 1 aromatic rings. The number of rotatable bonds is 4. The second kappa shape index (κ2) is 6.00. The Balaban J connectivity index is 2.87. The van der Waals surface area contributed by atoms with Gasteiger partial charge < -0.3 is 10.5 Å². The molecule has 0 bridgehead atoms. The molecule has 0 saturated heterocycles. The number of methoxy groups -OCH3 is 1. The van der Waals surface area contributed by atoms with E-state index in [-0.39, 0.29) is 5.91 Å². The number of nitrogens with zero attached hydrogens (tertiary/aromatic N) is 1. The third kappa shape index (κ3) is 3.69. The largest absolute Gasteiger partial charge is 0.496 e. The highest BCUT2D eigenvalue weighted by molar-refractivity contribution is 9.10. The van der Waals surface area contributed by atoms with E-state index in [2.05, 4.69) is 15.9 Å². The lowest BCUT2D eigenvalue weighted by Crippen LogP contribution is -2.46. The summed E-state index contributed by atoms with van der Waals surface area (Å²) in [7, 11) is 3.05. The molecule has 1 atom stereocenters. The molecule has 0 aliphatic heterocycles. The quantitative estimate of drug-likeness (QED) is 0.486. The van der Waals surface area contributed by atoms with Crippen LogP contribution in [0.1, 0.15) is 5.56 Å². The van der Waals surface area contributed by atoms with E-state index in [9.17, 15) is 4.79 Å². The van der Waals surface area contributed by atoms with Crippen molar-refractivity contribution in [2.24, 2.45) is 11.6 Å². The summed E-state index contributed by atoms with van der Waals surface area (Å²) >= 11 is 3.36. The number of hydrazine groups is 1. The lowest BCUT2D eigenvalue weighted by Gasteiger charge is -2.17. The van der Waals surface area contributed by atoms with Gasteiger partial charge in [0.2, 0.25) is 0 Å². The van der Waals surface area contributed by atoms with Gasteiger partial charge in [-0.05, 0) is 23.8 Å². The molecule has 6 heteroatoms. The molecule has 0 heterocycles. The lowest BCUT2D eigenvalue weighted by atomic mass is 10.0. The van der Waals surface area contributed by atoms with Gasteiger partial charge in [-0.2, -0.15) is 0 Å². The highest BCUT2D eigenvalue weighted by Crippen LogP contribution is 2.24. The minimum absolute atomic E-state index is 0.313. The Hall–Kier alpha value is -1.11. The van der Waals surface area contributed by atoms with Crippen molar-refractivity contribution >= 4 is 21.8 Å². The Morgan fingerprint density at radius 3 is 2.76 bits per heavy atom. The first-order valence-corrected chi connectivity index (χ1v) is 5.85. The summed E-state index contributed by atoms with van der Waals surface area (Å²) in [5.74, 6) is 5.75. The molecule has 1 amide bonds. The zero-order valence-corrected chi connectivity index (χ0v) is 11.4. The number of nitrogens with two attached hydrogens (primary N) is 2. The van der Waals surface area contributed by atoms with Crippen LogP contribution in [0.3, 0.4) is 0 Å². The summed E-state index contributed by atoms with van der Waals surface area (Å²) in [5.41, 5.74) is 6.65. The van der Waals surface area contributed by atoms with Gasteiger partial charge in [0, 0.05) is 17.9 Å². The van der Waals surface area contributed by atoms with E-state index in [1.54, 1.807) is 7.11 Å². The highest BCUT2D eigenvalue weighted by Gasteiger charge is 2.18. The Kier molecular flexibility index (Phi) is 4.92. The van der Waals surface area contributed by atoms with E-state index in [1.807, 2.05) is 18.2 Å². The number of likely N-dealkylation sites (N-methyl/N-ethyl adjacent to an activating group) is 1. The van der Waals surface area contributed by atoms with Crippen LogP contribution in [0, 0.1) is 0 Å². The fraction of sp³-hybridized carbons (Fsp3) is 0.364. The van der Waals surface area contributed by atoms with Crippen molar-refractivity contribution in [2.45, 2.75) is 12.5 Å². The minimum atomic E-state index is -0.673. The molecule has 0 spiro atoms. The lowest BCUT2D eigenvalue weighted by molar-refractivity contribution is -0.131. The summed E-state index contributed by atoms with van der Waals surface area (Å²) < 4.78 is 6.12. The summed E-state index contributed by atoms with van der Waals surface area (Å²) in [6, 6.07) is 4.89. The summed E-state index contributed by atoms with van der Waals surface area (Å²) in [5, 5.41) is 0.995. The molecule has 0 aliphatic carbocycles. The van der Waals surface area contributed by atoms with E-state index in [0.29, 0.717) is 12.2 Å². The number of halogens is 1. The maximum absolute atomic E-state index is 11.6. The van der Waals surface area contributed by atoms with E-state index in [4.69, 9.17) is 16.3 Å². The molecule has 0 fully saturated rings. The van der Waals surface area contributed by atoms with E-state index < -0.39 is 6.04 Å². The third-order valence-corrected chi connectivity index (χ3v) is 2.84. The molecule has 5 nitrogen and oxygen atoms in total. The molecule has 1 unspecified atom stereocenters. The van der Waals surface area contributed by atoms with Gasteiger partial charge in [-0.25, -0.2) is 5.84 Å². The van der Waals surface area contributed by atoms with Crippen LogP contribution < -0.4 is 16.3 Å². The van der Waals surface area contributed by atoms with Crippen LogP contribution >= 0.6 is 15.9 Å². The zero-order chi connectivity index (χ0) is 13.0. The van der Waals surface area contributed by atoms with Crippen molar-refractivity contribution in [3.05, 3.63) is 28.2 Å². The smallest absolute Gasteiger partial charge is 0.253 e. The molecule has 0 saturated carbocycles. The normalized spacial score (nSPS) is 12.1. The Labute approximate surface area is 109 Å². The second-order valence-corrected chi connectivity index (χ2v) is 4.63. The first-order valence-electron chi connectivity index (χ1n) is 5.06. The van der Waals surface area contributed by atoms with Crippen LogP contribution in [0.15, 0.2) is 22.7 Å². The molecular weight excluding hydrogens is 286 g/mol. The van der Waals surface area contributed by atoms with Gasteiger partial charge in [-0.15, -0.1) is 0 Å². The number of hydrogen-bond acceptors (Lipinski definition) is 4. The SMILES string of the molecule is COc1ccc(Br)cc1CC(N)C(=O)N(C)N. The van der Waals surface area contributed by atoms with Crippen molar-refractivity contribution < 1.29 is 9.53 Å². The van der Waals surface area contributed by atoms with Gasteiger partial charge in [0.15, 0.2) is 0 Å². The number of carbonyl (C=O) groups is 1. The van der Waals surface area contributed by atoms with Crippen LogP contribution in [-0.4, -0.2) is 31.1 Å². The molecule has 0 aliphatic rings. The Morgan fingerprint density at radius 1 is 1.59 bits per heavy atom. The maximum atomic E-state index is 11.6. The van der Waals surface area contributed by atoms with Gasteiger partial charge in [0.1, 0.15) is 5.75 Å². The number of carbonyl (C=O) groups excluding carboxylic acids is 1. The second-order valence-electron chi connectivity index (χ2n) is 3.72. The number of amides is 1. The van der Waals surface area contributed by atoms with Gasteiger partial charge in [-0.3, -0.25) is 9.80 Å². The summed E-state index contributed by atoms with van der Waals surface area (Å²) in [6.45, 7) is 0. The van der Waals surface area contributed by atoms with Gasteiger partial charge in [-0.1, -0.05) is 15.9 Å². The van der Waals surface area contributed by atoms with E-state index >= 15 is 0 Å². The molecule has 0 aromatic heterocycles. The monoisotopic (exact) mass is 301 g/mol. The summed E-state index contributed by atoms with van der Waals surface area (Å²) in [4.78, 5) is 11.6. The Morgan fingerprint density at radius 2 is 2.24 bits per heavy atom. The molecule has 17 heavy (non-hydrogen) atoms. The van der Waals surface area contributed by atoms with Gasteiger partial charge >= 0.3 is 0 Å². The molecule has 1 aromatic carbocycles. The average Bonchev–Trinajstić information content (AvgIpc) is 2.28. The number of benzene rings is 1. The van der Waals surface area contributed by atoms with Gasteiger partial charge in [0.05, 0.1) is 13.2 Å². The standard InChI is InChI=1S/C11H16BrN3O2/c1-15(14)11(16)9(13)6-7-5-8(12)3-4-10(7)17-2/h3-5,9H,6,13-14H2,1-2H3. The van der Waals surface area contributed by atoms with Crippen LogP contribution in [0.4, 0.5) is 0 Å². The van der Waals surface area contributed by atoms with Crippen molar-refractivity contribution in [3.63, 3.8) is 0 Å². The number of hydrogen-bond donors (Lipinski definition) is 2. The van der Waals surface area contributed by atoms with E-state index in [0.717, 1.165) is 15.0 Å². The predicted molar refractivity (Wildman–Crippen MR) is 69.3 cm³/mol. The summed E-state index contributed by atoms with van der Waals surface area (Å²) in [6.07, 6.45) is 0.378. The van der Waals surface area contributed by atoms with Crippen LogP contribution in [-0.2, 0) is 11.2 Å². The van der Waals surface area contributed by atoms with Crippen molar-refractivity contribution in [3.8, 4) is 5.75 Å². The Bertz CT molecular complexity index is 410. The molecule has 4 N–H and O–H groups in total. The first kappa shape index (κ1) is 14.0. The topological polar surface area (TPSA) is 81.6 Å². The number of ether oxygens (including phenoxy) is 1. The van der Waals surface area contributed by atoms with Crippen LogP contribution in [0.2, 0.25) is 0 Å². The molecule has 1 rings (SSSR count). The third-order valence-electron chi connectivity index (χ3n) is 2.35. The fourth-order valence-electron chi connectivity index (χ4n) is 1.49. The maximum Gasteiger partial charge on any atom is 0.253 e. The van der Waals surface area contributed by atoms with Crippen molar-refractivity contribution in [2.75, 3.05) is 14.2 Å². The minimum Gasteiger partial charge on any atom is -0.496 e. The fourth-order valence-corrected chi connectivity index (χ4v) is 1.90. The predicted octanol–water partition coefficient (Wildman–Crippen LogP) is 0.660. The zero-order valence-electron chi connectivity index (χ0n) is 9.81. The van der Waals surface area contributed by atoms with Gasteiger partial charge in [0.25, 0.3) is 5.91 Å².